The van der Waals surface area contributed by atoms with E-state index in [1.165, 1.54) is 0 Å². The van der Waals surface area contributed by atoms with Crippen molar-refractivity contribution >= 4 is 5.97 Å². The van der Waals surface area contributed by atoms with E-state index in [1.54, 1.807) is 12.1 Å². The molecule has 0 saturated carbocycles. The summed E-state index contributed by atoms with van der Waals surface area (Å²) in [6.45, 7) is 5.69. The highest BCUT2D eigenvalue weighted by Gasteiger charge is 2.41. The molecule has 0 unspecified atom stereocenters. The van der Waals surface area contributed by atoms with Crippen LogP contribution in [0.2, 0.25) is 0 Å². The molecule has 0 aliphatic carbocycles. The average Bonchev–Trinajstić information content (AvgIpc) is 2.48. The van der Waals surface area contributed by atoms with Crippen molar-refractivity contribution in [2.45, 2.75) is 25.8 Å². The molecule has 1 fully saturated rings. The number of aliphatic carboxylic acids is 1. The molecule has 0 amide bonds. The molecule has 0 bridgehead atoms. The highest BCUT2D eigenvalue weighted by molar-refractivity contribution is 5.75. The molecule has 0 spiro atoms. The molecule has 1 aromatic carbocycles. The van der Waals surface area contributed by atoms with Crippen LogP contribution >= 0.6 is 0 Å². The maximum Gasteiger partial charge on any atom is 0.311 e. The molecule has 110 valence electrons. The van der Waals surface area contributed by atoms with E-state index in [0.717, 1.165) is 18.5 Å². The zero-order valence-electron chi connectivity index (χ0n) is 12.1. The number of carboxylic acid groups (broad SMARTS) is 1. The Morgan fingerprint density at radius 2 is 2.29 bits per heavy atom. The molecule has 0 aromatic heterocycles. The van der Waals surface area contributed by atoms with Crippen molar-refractivity contribution in [1.82, 2.24) is 4.90 Å². The van der Waals surface area contributed by atoms with Crippen molar-refractivity contribution in [1.29, 1.82) is 5.26 Å². The van der Waals surface area contributed by atoms with Crippen LogP contribution in [0.15, 0.2) is 36.9 Å². The third kappa shape index (κ3) is 3.32. The molecular formula is C17H20N2O2. The van der Waals surface area contributed by atoms with Gasteiger partial charge in [0.25, 0.3) is 0 Å². The second kappa shape index (κ2) is 6.55. The fraction of sp³-hybridized carbons (Fsp3) is 0.412. The summed E-state index contributed by atoms with van der Waals surface area (Å²) in [5.41, 5.74) is 0.884. The molecule has 1 atom stereocenters. The van der Waals surface area contributed by atoms with Gasteiger partial charge in [-0.05, 0) is 37.4 Å². The van der Waals surface area contributed by atoms with Crippen molar-refractivity contribution in [3.05, 3.63) is 48.0 Å². The number of carboxylic acids is 1. The Morgan fingerprint density at radius 1 is 1.52 bits per heavy atom. The van der Waals surface area contributed by atoms with Gasteiger partial charge in [0.1, 0.15) is 0 Å². The number of allylic oxidation sites excluding steroid dienone is 1. The maximum atomic E-state index is 11.7. The molecule has 1 N–H and O–H groups in total. The zero-order valence-corrected chi connectivity index (χ0v) is 12.1. The summed E-state index contributed by atoms with van der Waals surface area (Å²) >= 11 is 0. The quantitative estimate of drug-likeness (QED) is 0.844. The molecule has 1 aliphatic rings. The van der Waals surface area contributed by atoms with Crippen LogP contribution in [0.5, 0.6) is 0 Å². The van der Waals surface area contributed by atoms with E-state index in [9.17, 15) is 9.90 Å². The van der Waals surface area contributed by atoms with Crippen LogP contribution in [0.1, 0.15) is 30.4 Å². The van der Waals surface area contributed by atoms with Crippen molar-refractivity contribution < 1.29 is 9.90 Å². The Hall–Kier alpha value is -2.12. The largest absolute Gasteiger partial charge is 0.481 e. The Morgan fingerprint density at radius 3 is 2.95 bits per heavy atom. The van der Waals surface area contributed by atoms with Crippen molar-refractivity contribution in [2.24, 2.45) is 5.41 Å². The first-order valence-electron chi connectivity index (χ1n) is 7.16. The average molecular weight is 284 g/mol. The van der Waals surface area contributed by atoms with Crippen molar-refractivity contribution in [3.8, 4) is 6.07 Å². The van der Waals surface area contributed by atoms with E-state index in [2.05, 4.69) is 17.5 Å². The van der Waals surface area contributed by atoms with Crippen LogP contribution in [-0.4, -0.2) is 29.1 Å². The molecule has 1 aliphatic heterocycles. The molecule has 4 heteroatoms. The number of rotatable bonds is 5. The lowest BCUT2D eigenvalue weighted by Gasteiger charge is -2.39. The van der Waals surface area contributed by atoms with Crippen LogP contribution in [0, 0.1) is 16.7 Å². The van der Waals surface area contributed by atoms with Crippen LogP contribution < -0.4 is 0 Å². The number of nitrogens with zero attached hydrogens (tertiary/aromatic N) is 2. The van der Waals surface area contributed by atoms with Gasteiger partial charge in [-0.15, -0.1) is 6.58 Å². The molecule has 2 rings (SSSR count). The number of likely N-dealkylation sites (tertiary alicyclic amines) is 1. The summed E-state index contributed by atoms with van der Waals surface area (Å²) in [7, 11) is 0. The number of hydrogen-bond donors (Lipinski definition) is 1. The Kier molecular flexibility index (Phi) is 4.77. The predicted molar refractivity (Wildman–Crippen MR) is 80.6 cm³/mol. The molecule has 0 radical (unpaired) electrons. The van der Waals surface area contributed by atoms with Gasteiger partial charge in [0.2, 0.25) is 0 Å². The van der Waals surface area contributed by atoms with Crippen LogP contribution in [0.25, 0.3) is 0 Å². The minimum Gasteiger partial charge on any atom is -0.481 e. The smallest absolute Gasteiger partial charge is 0.311 e. The lowest BCUT2D eigenvalue weighted by atomic mass is 9.77. The highest BCUT2D eigenvalue weighted by atomic mass is 16.4. The van der Waals surface area contributed by atoms with Gasteiger partial charge in [0.05, 0.1) is 17.0 Å². The molecule has 4 nitrogen and oxygen atoms in total. The second-order valence-electron chi connectivity index (χ2n) is 5.66. The number of hydrogen-bond acceptors (Lipinski definition) is 3. The number of piperidine rings is 1. The topological polar surface area (TPSA) is 64.3 Å². The summed E-state index contributed by atoms with van der Waals surface area (Å²) in [6, 6.07) is 9.68. The van der Waals surface area contributed by atoms with E-state index >= 15 is 0 Å². The Balaban J connectivity index is 2.16. The first-order valence-corrected chi connectivity index (χ1v) is 7.16. The van der Waals surface area contributed by atoms with Gasteiger partial charge < -0.3 is 5.11 Å². The van der Waals surface area contributed by atoms with E-state index in [4.69, 9.17) is 5.26 Å². The molecule has 1 heterocycles. The standard InChI is InChI=1S/C17H20N2O2/c1-2-8-17(16(20)21)9-5-10-19(13-17)12-15-7-4-3-6-14(15)11-18/h2-4,6-7H,1,5,8-10,12-13H2,(H,20,21)/t17-/m1/s1. The van der Waals surface area contributed by atoms with E-state index in [-0.39, 0.29) is 0 Å². The van der Waals surface area contributed by atoms with Crippen LogP contribution in [0.3, 0.4) is 0 Å². The van der Waals surface area contributed by atoms with E-state index < -0.39 is 11.4 Å². The van der Waals surface area contributed by atoms with Gasteiger partial charge in [-0.3, -0.25) is 9.69 Å². The number of benzene rings is 1. The van der Waals surface area contributed by atoms with E-state index in [0.29, 0.717) is 31.5 Å². The molecule has 1 saturated heterocycles. The minimum absolute atomic E-state index is 0.485. The van der Waals surface area contributed by atoms with E-state index in [1.807, 2.05) is 18.2 Å². The first kappa shape index (κ1) is 15.3. The lowest BCUT2D eigenvalue weighted by Crippen LogP contribution is -2.47. The Labute approximate surface area is 125 Å². The van der Waals surface area contributed by atoms with Gasteiger partial charge in [-0.25, -0.2) is 0 Å². The number of nitriles is 1. The Bertz CT molecular complexity index is 576. The highest BCUT2D eigenvalue weighted by Crippen LogP contribution is 2.35. The summed E-state index contributed by atoms with van der Waals surface area (Å²) in [5, 5.41) is 18.7. The van der Waals surface area contributed by atoms with Gasteiger partial charge >= 0.3 is 5.97 Å². The molecular weight excluding hydrogens is 264 g/mol. The first-order chi connectivity index (χ1) is 10.1. The normalized spacial score (nSPS) is 22.4. The molecule has 21 heavy (non-hydrogen) atoms. The van der Waals surface area contributed by atoms with Crippen LogP contribution in [0.4, 0.5) is 0 Å². The van der Waals surface area contributed by atoms with Crippen molar-refractivity contribution in [3.63, 3.8) is 0 Å². The zero-order chi connectivity index (χ0) is 15.3. The van der Waals surface area contributed by atoms with Gasteiger partial charge in [-0.2, -0.15) is 5.26 Å². The fourth-order valence-corrected chi connectivity index (χ4v) is 3.08. The summed E-state index contributed by atoms with van der Waals surface area (Å²) in [6.07, 6.45) is 3.72. The monoisotopic (exact) mass is 284 g/mol. The van der Waals surface area contributed by atoms with Crippen LogP contribution in [-0.2, 0) is 11.3 Å². The SMILES string of the molecule is C=CC[C@@]1(C(=O)O)CCCN(Cc2ccccc2C#N)C1. The third-order valence-electron chi connectivity index (χ3n) is 4.18. The summed E-state index contributed by atoms with van der Waals surface area (Å²) in [5.74, 6) is -0.749. The lowest BCUT2D eigenvalue weighted by molar-refractivity contribution is -0.152. The minimum atomic E-state index is -0.749. The fourth-order valence-electron chi connectivity index (χ4n) is 3.08. The summed E-state index contributed by atoms with van der Waals surface area (Å²) < 4.78 is 0. The van der Waals surface area contributed by atoms with Gasteiger partial charge in [0, 0.05) is 13.1 Å². The third-order valence-corrected chi connectivity index (χ3v) is 4.18. The summed E-state index contributed by atoms with van der Waals surface area (Å²) in [4.78, 5) is 13.8. The van der Waals surface area contributed by atoms with Crippen molar-refractivity contribution in [2.75, 3.05) is 13.1 Å². The second-order valence-corrected chi connectivity index (χ2v) is 5.66. The predicted octanol–water partition coefficient (Wildman–Crippen LogP) is 2.80. The maximum absolute atomic E-state index is 11.7. The van der Waals surface area contributed by atoms with Gasteiger partial charge in [0.15, 0.2) is 0 Å². The van der Waals surface area contributed by atoms with Gasteiger partial charge in [-0.1, -0.05) is 24.3 Å². The number of carbonyl (C=O) groups is 1. The molecule has 1 aromatic rings.